The number of ether oxygens (including phenoxy) is 1. The molecule has 0 radical (unpaired) electrons. The van der Waals surface area contributed by atoms with Crippen molar-refractivity contribution in [1.82, 2.24) is 4.90 Å². The van der Waals surface area contributed by atoms with E-state index in [0.717, 1.165) is 0 Å². The van der Waals surface area contributed by atoms with Crippen LogP contribution in [0.25, 0.3) is 0 Å². The summed E-state index contributed by atoms with van der Waals surface area (Å²) in [4.78, 5) is 26.8. The highest BCUT2D eigenvalue weighted by Gasteiger charge is 2.33. The fourth-order valence-corrected chi connectivity index (χ4v) is 2.02. The molecule has 0 saturated carbocycles. The number of hydrogen-bond donors (Lipinski definition) is 0. The summed E-state index contributed by atoms with van der Waals surface area (Å²) in [6.07, 6.45) is 5.17. The van der Waals surface area contributed by atoms with Crippen molar-refractivity contribution >= 4 is 17.5 Å². The molecule has 1 aliphatic heterocycles. The zero-order valence-corrected chi connectivity index (χ0v) is 10.6. The highest BCUT2D eigenvalue weighted by molar-refractivity contribution is 6.41. The molecular weight excluding hydrogens is 244 g/mol. The van der Waals surface area contributed by atoms with Gasteiger partial charge in [0.15, 0.2) is 0 Å². The summed E-state index contributed by atoms with van der Waals surface area (Å²) in [5.74, 6) is 1.79. The Morgan fingerprint density at radius 3 is 2.68 bits per heavy atom. The largest absolute Gasteiger partial charge is 0.495 e. The SMILES string of the molecule is C#CCN1CCN(c2ccccc2OC)C(=O)C1=O. The van der Waals surface area contributed by atoms with Crippen LogP contribution in [0.15, 0.2) is 24.3 Å². The number of terminal acetylenes is 1. The van der Waals surface area contributed by atoms with Gasteiger partial charge in [-0.2, -0.15) is 0 Å². The van der Waals surface area contributed by atoms with E-state index in [0.29, 0.717) is 24.5 Å². The molecule has 5 nitrogen and oxygen atoms in total. The van der Waals surface area contributed by atoms with Crippen LogP contribution in [0.4, 0.5) is 5.69 Å². The maximum Gasteiger partial charge on any atom is 0.316 e. The van der Waals surface area contributed by atoms with E-state index in [9.17, 15) is 9.59 Å². The third-order valence-electron chi connectivity index (χ3n) is 2.97. The fourth-order valence-electron chi connectivity index (χ4n) is 2.02. The molecule has 1 fully saturated rings. The normalized spacial score (nSPS) is 15.4. The summed E-state index contributed by atoms with van der Waals surface area (Å²) < 4.78 is 5.21. The van der Waals surface area contributed by atoms with Gasteiger partial charge in [0.2, 0.25) is 0 Å². The van der Waals surface area contributed by atoms with Crippen molar-refractivity contribution in [3.05, 3.63) is 24.3 Å². The molecule has 0 atom stereocenters. The minimum absolute atomic E-state index is 0.157. The van der Waals surface area contributed by atoms with Gasteiger partial charge in [-0.3, -0.25) is 14.5 Å². The second kappa shape index (κ2) is 5.44. The summed E-state index contributed by atoms with van der Waals surface area (Å²) in [6, 6.07) is 7.11. The number of hydrogen-bond acceptors (Lipinski definition) is 3. The Balaban J connectivity index is 2.26. The molecule has 1 saturated heterocycles. The Bertz CT molecular complexity index is 548. The van der Waals surface area contributed by atoms with E-state index in [4.69, 9.17) is 11.2 Å². The van der Waals surface area contributed by atoms with Crippen LogP contribution < -0.4 is 9.64 Å². The highest BCUT2D eigenvalue weighted by Crippen LogP contribution is 2.28. The van der Waals surface area contributed by atoms with Crippen LogP contribution in [-0.2, 0) is 9.59 Å². The van der Waals surface area contributed by atoms with E-state index < -0.39 is 11.8 Å². The Hall–Kier alpha value is -2.48. The lowest BCUT2D eigenvalue weighted by Gasteiger charge is -2.33. The highest BCUT2D eigenvalue weighted by atomic mass is 16.5. The molecule has 0 spiro atoms. The van der Waals surface area contributed by atoms with Gasteiger partial charge >= 0.3 is 11.8 Å². The topological polar surface area (TPSA) is 49.9 Å². The molecule has 1 aromatic carbocycles. The number of carbonyl (C=O) groups is 2. The quantitative estimate of drug-likeness (QED) is 0.586. The minimum Gasteiger partial charge on any atom is -0.495 e. The number of piperazine rings is 1. The maximum atomic E-state index is 12.1. The molecule has 0 bridgehead atoms. The van der Waals surface area contributed by atoms with Crippen molar-refractivity contribution in [2.24, 2.45) is 0 Å². The number of rotatable bonds is 3. The van der Waals surface area contributed by atoms with Gasteiger partial charge in [0.25, 0.3) is 0 Å². The van der Waals surface area contributed by atoms with Crippen molar-refractivity contribution in [3.8, 4) is 18.1 Å². The second-order valence-electron chi connectivity index (χ2n) is 4.06. The third kappa shape index (κ3) is 2.38. The van der Waals surface area contributed by atoms with Crippen LogP contribution in [0.2, 0.25) is 0 Å². The lowest BCUT2D eigenvalue weighted by Crippen LogP contribution is -2.54. The van der Waals surface area contributed by atoms with Gasteiger partial charge in [0.05, 0.1) is 19.3 Å². The molecule has 2 amide bonds. The van der Waals surface area contributed by atoms with E-state index >= 15 is 0 Å². The van der Waals surface area contributed by atoms with E-state index in [-0.39, 0.29) is 6.54 Å². The minimum atomic E-state index is -0.578. The molecule has 0 aromatic heterocycles. The maximum absolute atomic E-state index is 12.1. The molecule has 5 heteroatoms. The molecular formula is C14H14N2O3. The number of para-hydroxylation sites is 2. The first kappa shape index (κ1) is 13.0. The number of amides is 2. The van der Waals surface area contributed by atoms with Crippen molar-refractivity contribution in [3.63, 3.8) is 0 Å². The smallest absolute Gasteiger partial charge is 0.316 e. The van der Waals surface area contributed by atoms with E-state index in [1.165, 1.54) is 16.9 Å². The van der Waals surface area contributed by atoms with Gasteiger partial charge in [0.1, 0.15) is 5.75 Å². The van der Waals surface area contributed by atoms with Crippen LogP contribution in [0.1, 0.15) is 0 Å². The lowest BCUT2D eigenvalue weighted by molar-refractivity contribution is -0.145. The Kier molecular flexibility index (Phi) is 3.71. The molecule has 1 heterocycles. The Labute approximate surface area is 111 Å². The number of anilines is 1. The van der Waals surface area contributed by atoms with Gasteiger partial charge in [-0.15, -0.1) is 6.42 Å². The van der Waals surface area contributed by atoms with Gasteiger partial charge in [0, 0.05) is 13.1 Å². The standard InChI is InChI=1S/C14H14N2O3/c1-3-8-15-9-10-16(14(18)13(15)17)11-6-4-5-7-12(11)19-2/h1,4-7H,8-10H2,2H3. The zero-order valence-electron chi connectivity index (χ0n) is 10.6. The van der Waals surface area contributed by atoms with Crippen molar-refractivity contribution in [2.45, 2.75) is 0 Å². The first-order valence-corrected chi connectivity index (χ1v) is 5.86. The average Bonchev–Trinajstić information content (AvgIpc) is 2.44. The van der Waals surface area contributed by atoms with Crippen molar-refractivity contribution in [1.29, 1.82) is 0 Å². The monoisotopic (exact) mass is 258 g/mol. The van der Waals surface area contributed by atoms with E-state index in [1.807, 2.05) is 6.07 Å². The number of methoxy groups -OCH3 is 1. The lowest BCUT2D eigenvalue weighted by atomic mass is 10.2. The fraction of sp³-hybridized carbons (Fsp3) is 0.286. The summed E-state index contributed by atoms with van der Waals surface area (Å²) in [7, 11) is 1.53. The number of carbonyl (C=O) groups excluding carboxylic acids is 2. The van der Waals surface area contributed by atoms with Crippen LogP contribution in [0.3, 0.4) is 0 Å². The molecule has 98 valence electrons. The van der Waals surface area contributed by atoms with Crippen molar-refractivity contribution < 1.29 is 14.3 Å². The zero-order chi connectivity index (χ0) is 13.8. The molecule has 1 aromatic rings. The summed E-state index contributed by atoms with van der Waals surface area (Å²) in [5.41, 5.74) is 0.601. The summed E-state index contributed by atoms with van der Waals surface area (Å²) in [6.45, 7) is 0.990. The van der Waals surface area contributed by atoms with Crippen LogP contribution >= 0.6 is 0 Å². The second-order valence-corrected chi connectivity index (χ2v) is 4.06. The average molecular weight is 258 g/mol. The molecule has 1 aliphatic rings. The van der Waals surface area contributed by atoms with E-state index in [1.54, 1.807) is 18.2 Å². The van der Waals surface area contributed by atoms with Gasteiger partial charge in [-0.1, -0.05) is 18.1 Å². The molecule has 2 rings (SSSR count). The van der Waals surface area contributed by atoms with Gasteiger partial charge in [-0.25, -0.2) is 0 Å². The van der Waals surface area contributed by atoms with Crippen LogP contribution in [0.5, 0.6) is 5.75 Å². The number of nitrogens with zero attached hydrogens (tertiary/aromatic N) is 2. The van der Waals surface area contributed by atoms with Crippen LogP contribution in [-0.4, -0.2) is 43.5 Å². The summed E-state index contributed by atoms with van der Waals surface area (Å²) >= 11 is 0. The third-order valence-corrected chi connectivity index (χ3v) is 2.97. The molecule has 0 N–H and O–H groups in total. The van der Waals surface area contributed by atoms with Crippen LogP contribution in [0, 0.1) is 12.3 Å². The van der Waals surface area contributed by atoms with E-state index in [2.05, 4.69) is 5.92 Å². The predicted molar refractivity (Wildman–Crippen MR) is 70.8 cm³/mol. The predicted octanol–water partition coefficient (Wildman–Crippen LogP) is 0.504. The van der Waals surface area contributed by atoms with Gasteiger partial charge < -0.3 is 9.64 Å². The Morgan fingerprint density at radius 1 is 1.26 bits per heavy atom. The Morgan fingerprint density at radius 2 is 2.00 bits per heavy atom. The first-order chi connectivity index (χ1) is 9.19. The first-order valence-electron chi connectivity index (χ1n) is 5.86. The van der Waals surface area contributed by atoms with Gasteiger partial charge in [-0.05, 0) is 12.1 Å². The molecule has 0 unspecified atom stereocenters. The molecule has 0 aliphatic carbocycles. The molecule has 19 heavy (non-hydrogen) atoms. The summed E-state index contributed by atoms with van der Waals surface area (Å²) in [5, 5.41) is 0. The van der Waals surface area contributed by atoms with Crippen molar-refractivity contribution in [2.75, 3.05) is 31.6 Å². The number of benzene rings is 1.